The molecule has 2 heterocycles. The molecule has 0 atom stereocenters. The summed E-state index contributed by atoms with van der Waals surface area (Å²) in [6, 6.07) is 41.8. The van der Waals surface area contributed by atoms with Gasteiger partial charge >= 0.3 is 0 Å². The first-order valence-electron chi connectivity index (χ1n) is 23.7. The fourth-order valence-corrected chi connectivity index (χ4v) is 6.86. The van der Waals surface area contributed by atoms with Gasteiger partial charge in [0.15, 0.2) is 23.0 Å². The third kappa shape index (κ3) is 20.0. The van der Waals surface area contributed by atoms with Gasteiger partial charge in [0, 0.05) is 0 Å². The molecular weight excluding hydrogens is 737 g/mol. The van der Waals surface area contributed by atoms with Crippen LogP contribution in [-0.4, -0.2) is 20.0 Å². The molecule has 0 aromatic heterocycles. The second-order valence-corrected chi connectivity index (χ2v) is 13.3. The summed E-state index contributed by atoms with van der Waals surface area (Å²) in [6.07, 6.45) is 17.6. The third-order valence-electron chi connectivity index (χ3n) is 9.78. The van der Waals surface area contributed by atoms with Crippen molar-refractivity contribution in [1.29, 1.82) is 0 Å². The van der Waals surface area contributed by atoms with Crippen LogP contribution in [-0.2, 0) is 38.5 Å². The zero-order valence-electron chi connectivity index (χ0n) is 39.5. The smallest absolute Gasteiger partial charge is 0.231 e. The molecule has 4 nitrogen and oxygen atoms in total. The topological polar surface area (TPSA) is 36.9 Å². The van der Waals surface area contributed by atoms with Gasteiger partial charge < -0.3 is 18.9 Å². The quantitative estimate of drug-likeness (QED) is 0.146. The molecule has 0 bridgehead atoms. The molecule has 0 N–H and O–H groups in total. The van der Waals surface area contributed by atoms with E-state index in [9.17, 15) is 0 Å². The van der Waals surface area contributed by atoms with Gasteiger partial charge in [-0.1, -0.05) is 186 Å². The largest absolute Gasteiger partial charge is 0.486 e. The molecule has 4 heteroatoms. The molecule has 0 unspecified atom stereocenters. The molecule has 2 aliphatic heterocycles. The standard InChI is InChI=1S/C12H16.C11H14.C8H8O2.C8H8.C7H6O2.5C2H6/c1-2-4-8-12-10-6-5-9-11(12)7-3-1;1-2-6-10-8-4-5-9-11(10)7-3-1;1-2-4-8-7(3-1)9-5-6-10-8;1-2-4-8-6-5-7(8)3-1;1-2-4-7-6(3-1)8-5-9-7;5*1-2/h5-6,9-10H,1-4,7-8H2;4-5,8-9H,1-3,6-7H2;1-4H,5-6H2;1-4H,5-6H2;1-4H,5H2;5*1-2H3. The maximum atomic E-state index is 5.30. The van der Waals surface area contributed by atoms with Gasteiger partial charge in [0.2, 0.25) is 6.79 Å². The van der Waals surface area contributed by atoms with Crippen molar-refractivity contribution < 1.29 is 18.9 Å². The maximum Gasteiger partial charge on any atom is 0.231 e. The maximum absolute atomic E-state index is 5.30. The fraction of sp³-hybridized carbons (Fsp3) is 0.464. The average Bonchev–Trinajstić information content (AvgIpc) is 3.68. The average molecular weight is 819 g/mol. The Bertz CT molecular complexity index is 1620. The number of fused-ring (bicyclic) bond motifs is 5. The lowest BCUT2D eigenvalue weighted by Crippen LogP contribution is -2.14. The monoisotopic (exact) mass is 819 g/mol. The van der Waals surface area contributed by atoms with Gasteiger partial charge in [-0.3, -0.25) is 0 Å². The second kappa shape index (κ2) is 36.2. The van der Waals surface area contributed by atoms with E-state index in [2.05, 4.69) is 72.8 Å². The molecule has 0 amide bonds. The van der Waals surface area contributed by atoms with E-state index in [4.69, 9.17) is 18.9 Å². The molecule has 0 saturated carbocycles. The first-order valence-corrected chi connectivity index (χ1v) is 23.7. The summed E-state index contributed by atoms with van der Waals surface area (Å²) in [5, 5.41) is 0. The SMILES string of the molecule is CC.CC.CC.CC.CC.c1ccc2c(c1)CC2.c1ccc2c(c1)CCCCC2.c1ccc2c(c1)CCCCCC2.c1ccc2c(c1)OCCO2.c1ccc2c(c1)OCO2. The van der Waals surface area contributed by atoms with Crippen molar-refractivity contribution in [2.24, 2.45) is 0 Å². The lowest BCUT2D eigenvalue weighted by molar-refractivity contribution is 0.171. The van der Waals surface area contributed by atoms with E-state index in [0.717, 1.165) is 23.0 Å². The zero-order valence-corrected chi connectivity index (χ0v) is 39.5. The van der Waals surface area contributed by atoms with Crippen LogP contribution in [0.1, 0.15) is 148 Å². The van der Waals surface area contributed by atoms with Crippen LogP contribution in [0.15, 0.2) is 121 Å². The van der Waals surface area contributed by atoms with E-state index in [0.29, 0.717) is 20.0 Å². The predicted octanol–water partition coefficient (Wildman–Crippen LogP) is 16.1. The minimum Gasteiger partial charge on any atom is -0.486 e. The number of para-hydroxylation sites is 4. The molecule has 5 aromatic rings. The number of rotatable bonds is 0. The minimum atomic E-state index is 0.360. The van der Waals surface area contributed by atoms with Crippen molar-refractivity contribution in [2.75, 3.05) is 20.0 Å². The Morgan fingerprint density at radius 2 is 0.467 bits per heavy atom. The van der Waals surface area contributed by atoms with E-state index in [-0.39, 0.29) is 0 Å². The van der Waals surface area contributed by atoms with Crippen LogP contribution in [0.2, 0.25) is 0 Å². The van der Waals surface area contributed by atoms with E-state index < -0.39 is 0 Å². The molecule has 10 rings (SSSR count). The van der Waals surface area contributed by atoms with Gasteiger partial charge in [0.1, 0.15) is 13.2 Å². The minimum absolute atomic E-state index is 0.360. The van der Waals surface area contributed by atoms with Gasteiger partial charge in [-0.2, -0.15) is 0 Å². The lowest BCUT2D eigenvalue weighted by atomic mass is 9.89. The van der Waals surface area contributed by atoms with Gasteiger partial charge in [-0.05, 0) is 122 Å². The summed E-state index contributed by atoms with van der Waals surface area (Å²) in [5.74, 6) is 3.40. The Morgan fingerprint density at radius 1 is 0.250 bits per heavy atom. The van der Waals surface area contributed by atoms with Gasteiger partial charge in [0.25, 0.3) is 0 Å². The first-order chi connectivity index (χ1) is 29.8. The van der Waals surface area contributed by atoms with E-state index in [1.54, 1.807) is 33.4 Å². The van der Waals surface area contributed by atoms with Crippen molar-refractivity contribution in [3.63, 3.8) is 0 Å². The summed E-state index contributed by atoms with van der Waals surface area (Å²) >= 11 is 0. The van der Waals surface area contributed by atoms with Crippen molar-refractivity contribution in [3.05, 3.63) is 155 Å². The second-order valence-electron chi connectivity index (χ2n) is 13.3. The van der Waals surface area contributed by atoms with Crippen LogP contribution in [0.25, 0.3) is 0 Å². The zero-order chi connectivity index (χ0) is 44.1. The molecule has 5 aliphatic rings. The van der Waals surface area contributed by atoms with E-state index in [1.807, 2.05) is 118 Å². The molecule has 0 saturated heterocycles. The Morgan fingerprint density at radius 3 is 0.717 bits per heavy atom. The van der Waals surface area contributed by atoms with Crippen LogP contribution < -0.4 is 18.9 Å². The molecule has 0 radical (unpaired) electrons. The molecule has 330 valence electrons. The highest BCUT2D eigenvalue weighted by atomic mass is 16.7. The highest BCUT2D eigenvalue weighted by Gasteiger charge is 2.11. The molecule has 0 spiro atoms. The Hall–Kier alpha value is -4.70. The molecule has 5 aromatic carbocycles. The Kier molecular flexibility index (Phi) is 32.1. The first kappa shape index (κ1) is 53.3. The number of benzene rings is 5. The molecular formula is C56H82O4. The highest BCUT2D eigenvalue weighted by molar-refractivity contribution is 5.41. The van der Waals surface area contributed by atoms with Crippen molar-refractivity contribution in [2.45, 2.75) is 153 Å². The fourth-order valence-electron chi connectivity index (χ4n) is 6.86. The Labute approximate surface area is 368 Å². The summed E-state index contributed by atoms with van der Waals surface area (Å²) in [5.41, 5.74) is 9.46. The predicted molar refractivity (Wildman–Crippen MR) is 261 cm³/mol. The van der Waals surface area contributed by atoms with Crippen LogP contribution in [0.3, 0.4) is 0 Å². The van der Waals surface area contributed by atoms with E-state index >= 15 is 0 Å². The molecule has 60 heavy (non-hydrogen) atoms. The molecule has 3 aliphatic carbocycles. The van der Waals surface area contributed by atoms with E-state index in [1.165, 1.54) is 83.5 Å². The van der Waals surface area contributed by atoms with Crippen molar-refractivity contribution in [1.82, 2.24) is 0 Å². The number of aryl methyl sites for hydroxylation is 6. The van der Waals surface area contributed by atoms with Gasteiger partial charge in [-0.15, -0.1) is 0 Å². The van der Waals surface area contributed by atoms with Crippen molar-refractivity contribution >= 4 is 0 Å². The van der Waals surface area contributed by atoms with Crippen LogP contribution in [0, 0.1) is 0 Å². The normalized spacial score (nSPS) is 13.6. The summed E-state index contributed by atoms with van der Waals surface area (Å²) in [7, 11) is 0. The van der Waals surface area contributed by atoms with Gasteiger partial charge in [-0.25, -0.2) is 0 Å². The highest BCUT2D eigenvalue weighted by Crippen LogP contribution is 2.30. The number of hydrogen-bond acceptors (Lipinski definition) is 4. The van der Waals surface area contributed by atoms with Gasteiger partial charge in [0.05, 0.1) is 0 Å². The van der Waals surface area contributed by atoms with Crippen molar-refractivity contribution in [3.8, 4) is 23.0 Å². The summed E-state index contributed by atoms with van der Waals surface area (Å²) < 4.78 is 20.7. The van der Waals surface area contributed by atoms with Crippen LogP contribution >= 0.6 is 0 Å². The summed E-state index contributed by atoms with van der Waals surface area (Å²) in [6.45, 7) is 21.7. The van der Waals surface area contributed by atoms with Crippen LogP contribution in [0.4, 0.5) is 0 Å². The Balaban J connectivity index is 0.000000357. The summed E-state index contributed by atoms with van der Waals surface area (Å²) in [4.78, 5) is 0. The molecule has 0 fully saturated rings. The lowest BCUT2D eigenvalue weighted by Gasteiger charge is -2.17. The third-order valence-corrected chi connectivity index (χ3v) is 9.78. The number of hydrogen-bond donors (Lipinski definition) is 0. The number of ether oxygens (including phenoxy) is 4. The van der Waals surface area contributed by atoms with Crippen LogP contribution in [0.5, 0.6) is 23.0 Å².